The number of hydrogen-bond acceptors (Lipinski definition) is 2. The molecule has 3 aromatic rings. The van der Waals surface area contributed by atoms with Crippen molar-refractivity contribution in [3.8, 4) is 0 Å². The fourth-order valence-corrected chi connectivity index (χ4v) is 3.84. The summed E-state index contributed by atoms with van der Waals surface area (Å²) < 4.78 is 0. The van der Waals surface area contributed by atoms with Crippen LogP contribution in [0.25, 0.3) is 10.8 Å². The second-order valence-corrected chi connectivity index (χ2v) is 7.69. The Kier molecular flexibility index (Phi) is 5.67. The van der Waals surface area contributed by atoms with Crippen LogP contribution in [0.4, 0.5) is 10.5 Å². The first-order valence-corrected chi connectivity index (χ1v) is 10.0. The highest BCUT2D eigenvalue weighted by atomic mass is 35.5. The Morgan fingerprint density at radius 1 is 1.00 bits per heavy atom. The van der Waals surface area contributed by atoms with Gasteiger partial charge in [-0.1, -0.05) is 54.1 Å². The molecule has 1 aliphatic heterocycles. The Labute approximate surface area is 174 Å². The molecule has 1 fully saturated rings. The monoisotopic (exact) mass is 407 g/mol. The number of hydrogen-bond donors (Lipinski definition) is 2. The molecular weight excluding hydrogens is 386 g/mol. The number of benzene rings is 3. The van der Waals surface area contributed by atoms with E-state index in [0.717, 1.165) is 22.0 Å². The van der Waals surface area contributed by atoms with Crippen molar-refractivity contribution in [3.05, 3.63) is 77.3 Å². The van der Waals surface area contributed by atoms with Crippen molar-refractivity contribution in [2.45, 2.75) is 13.0 Å². The summed E-state index contributed by atoms with van der Waals surface area (Å²) in [6.45, 7) is 1.49. The van der Waals surface area contributed by atoms with Crippen LogP contribution in [0.3, 0.4) is 0 Å². The number of carbonyl (C=O) groups excluding carboxylic acids is 2. The normalized spacial score (nSPS) is 16.2. The zero-order valence-corrected chi connectivity index (χ0v) is 16.7. The average Bonchev–Trinajstić information content (AvgIpc) is 3.12. The molecule has 0 saturated carbocycles. The van der Waals surface area contributed by atoms with Crippen molar-refractivity contribution < 1.29 is 9.59 Å². The third-order valence-electron chi connectivity index (χ3n) is 5.21. The van der Waals surface area contributed by atoms with Crippen molar-refractivity contribution >= 4 is 40.0 Å². The lowest BCUT2D eigenvalue weighted by molar-refractivity contribution is -0.117. The Balaban J connectivity index is 1.29. The zero-order chi connectivity index (χ0) is 20.2. The maximum Gasteiger partial charge on any atom is 0.315 e. The van der Waals surface area contributed by atoms with Crippen molar-refractivity contribution in [1.82, 2.24) is 10.6 Å². The van der Waals surface area contributed by atoms with Gasteiger partial charge in [-0.3, -0.25) is 4.79 Å². The first-order valence-electron chi connectivity index (χ1n) is 9.64. The highest BCUT2D eigenvalue weighted by Gasteiger charge is 2.30. The van der Waals surface area contributed by atoms with Gasteiger partial charge in [0.05, 0.1) is 0 Å². The summed E-state index contributed by atoms with van der Waals surface area (Å²) in [5.74, 6) is 0.150. The van der Waals surface area contributed by atoms with Crippen molar-refractivity contribution in [1.29, 1.82) is 0 Å². The molecule has 0 radical (unpaired) electrons. The molecule has 2 N–H and O–H groups in total. The predicted octanol–water partition coefficient (Wildman–Crippen LogP) is 4.35. The number of nitrogens with one attached hydrogen (secondary N) is 2. The highest BCUT2D eigenvalue weighted by Crippen LogP contribution is 2.26. The minimum atomic E-state index is -0.227. The summed E-state index contributed by atoms with van der Waals surface area (Å²) in [6, 6.07) is 21.2. The molecule has 29 heavy (non-hydrogen) atoms. The van der Waals surface area contributed by atoms with Gasteiger partial charge >= 0.3 is 6.03 Å². The number of rotatable bonds is 5. The Bertz CT molecular complexity index is 1030. The van der Waals surface area contributed by atoms with Gasteiger partial charge in [0.2, 0.25) is 5.91 Å². The van der Waals surface area contributed by atoms with E-state index in [9.17, 15) is 9.59 Å². The number of anilines is 1. The smallest absolute Gasteiger partial charge is 0.315 e. The second-order valence-electron chi connectivity index (χ2n) is 7.25. The Hall–Kier alpha value is -3.05. The first-order chi connectivity index (χ1) is 14.1. The SMILES string of the molecule is O=C(NCc1cccc2ccccc12)NCC1CC(=O)N(c2ccc(Cl)cc2)C1. The lowest BCUT2D eigenvalue weighted by atomic mass is 10.0. The van der Waals surface area contributed by atoms with Crippen LogP contribution in [0.15, 0.2) is 66.7 Å². The summed E-state index contributed by atoms with van der Waals surface area (Å²) in [5.41, 5.74) is 1.91. The van der Waals surface area contributed by atoms with E-state index in [1.54, 1.807) is 17.0 Å². The van der Waals surface area contributed by atoms with E-state index in [0.29, 0.717) is 31.1 Å². The highest BCUT2D eigenvalue weighted by molar-refractivity contribution is 6.30. The molecule has 6 heteroatoms. The van der Waals surface area contributed by atoms with Crippen molar-refractivity contribution in [2.24, 2.45) is 5.92 Å². The molecule has 0 aromatic heterocycles. The standard InChI is InChI=1S/C23H22ClN3O2/c24-19-8-10-20(11-9-19)27-15-16(12-22(27)28)13-25-23(29)26-14-18-6-3-5-17-4-1-2-7-21(17)18/h1-11,16H,12-15H2,(H2,25,26,29). The van der Waals surface area contributed by atoms with Crippen LogP contribution in [0.5, 0.6) is 0 Å². The van der Waals surface area contributed by atoms with Gasteiger partial charge in [-0.05, 0) is 40.6 Å². The molecule has 1 atom stereocenters. The van der Waals surface area contributed by atoms with Gasteiger partial charge in [0.25, 0.3) is 0 Å². The number of nitrogens with zero attached hydrogens (tertiary/aromatic N) is 1. The van der Waals surface area contributed by atoms with Crippen LogP contribution in [-0.4, -0.2) is 25.0 Å². The molecule has 1 unspecified atom stereocenters. The number of fused-ring (bicyclic) bond motifs is 1. The molecule has 3 aromatic carbocycles. The van der Waals surface area contributed by atoms with Crippen LogP contribution in [0.2, 0.25) is 5.02 Å². The number of halogens is 1. The fraction of sp³-hybridized carbons (Fsp3) is 0.217. The maximum atomic E-state index is 12.3. The predicted molar refractivity (Wildman–Crippen MR) is 116 cm³/mol. The third kappa shape index (κ3) is 4.51. The molecular formula is C23H22ClN3O2. The lowest BCUT2D eigenvalue weighted by Crippen LogP contribution is -2.38. The first kappa shape index (κ1) is 19.3. The Morgan fingerprint density at radius 2 is 1.76 bits per heavy atom. The minimum Gasteiger partial charge on any atom is -0.338 e. The van der Waals surface area contributed by atoms with E-state index in [-0.39, 0.29) is 17.9 Å². The Morgan fingerprint density at radius 3 is 2.59 bits per heavy atom. The summed E-state index contributed by atoms with van der Waals surface area (Å²) >= 11 is 5.92. The van der Waals surface area contributed by atoms with Crippen LogP contribution >= 0.6 is 11.6 Å². The van der Waals surface area contributed by atoms with Gasteiger partial charge in [0.15, 0.2) is 0 Å². The zero-order valence-electron chi connectivity index (χ0n) is 15.9. The topological polar surface area (TPSA) is 61.4 Å². The molecule has 0 bridgehead atoms. The third-order valence-corrected chi connectivity index (χ3v) is 5.47. The van der Waals surface area contributed by atoms with Crippen LogP contribution in [0.1, 0.15) is 12.0 Å². The molecule has 3 amide bonds. The van der Waals surface area contributed by atoms with Gasteiger partial charge in [-0.15, -0.1) is 0 Å². The fourth-order valence-electron chi connectivity index (χ4n) is 3.71. The quantitative estimate of drug-likeness (QED) is 0.660. The van der Waals surface area contributed by atoms with E-state index in [4.69, 9.17) is 11.6 Å². The van der Waals surface area contributed by atoms with Crippen molar-refractivity contribution in [2.75, 3.05) is 18.0 Å². The largest absolute Gasteiger partial charge is 0.338 e. The van der Waals surface area contributed by atoms with Gasteiger partial charge in [-0.25, -0.2) is 4.79 Å². The van der Waals surface area contributed by atoms with E-state index in [1.165, 1.54) is 0 Å². The summed E-state index contributed by atoms with van der Waals surface area (Å²) in [7, 11) is 0. The van der Waals surface area contributed by atoms with Crippen LogP contribution in [-0.2, 0) is 11.3 Å². The molecule has 1 saturated heterocycles. The van der Waals surface area contributed by atoms with Gasteiger partial charge in [0, 0.05) is 42.7 Å². The van der Waals surface area contributed by atoms with Crippen LogP contribution in [0, 0.1) is 5.92 Å². The maximum absolute atomic E-state index is 12.3. The average molecular weight is 408 g/mol. The van der Waals surface area contributed by atoms with E-state index >= 15 is 0 Å². The molecule has 5 nitrogen and oxygen atoms in total. The number of amides is 3. The van der Waals surface area contributed by atoms with E-state index in [2.05, 4.69) is 28.8 Å². The lowest BCUT2D eigenvalue weighted by Gasteiger charge is -2.17. The summed E-state index contributed by atoms with van der Waals surface area (Å²) in [4.78, 5) is 26.3. The molecule has 0 spiro atoms. The second kappa shape index (κ2) is 8.53. The minimum absolute atomic E-state index is 0.0651. The van der Waals surface area contributed by atoms with Gasteiger partial charge in [0.1, 0.15) is 0 Å². The molecule has 0 aliphatic carbocycles. The summed E-state index contributed by atoms with van der Waals surface area (Å²) in [5, 5.41) is 8.73. The summed E-state index contributed by atoms with van der Waals surface area (Å²) in [6.07, 6.45) is 0.423. The number of carbonyl (C=O) groups is 2. The molecule has 4 rings (SSSR count). The van der Waals surface area contributed by atoms with Crippen LogP contribution < -0.4 is 15.5 Å². The molecule has 148 valence electrons. The van der Waals surface area contributed by atoms with Gasteiger partial charge < -0.3 is 15.5 Å². The van der Waals surface area contributed by atoms with Crippen molar-refractivity contribution in [3.63, 3.8) is 0 Å². The number of urea groups is 1. The van der Waals surface area contributed by atoms with E-state index < -0.39 is 0 Å². The molecule has 1 heterocycles. The van der Waals surface area contributed by atoms with E-state index in [1.807, 2.05) is 36.4 Å². The van der Waals surface area contributed by atoms with Gasteiger partial charge in [-0.2, -0.15) is 0 Å². The molecule has 1 aliphatic rings.